The smallest absolute Gasteiger partial charge is 0.325 e. The Kier molecular flexibility index (Phi) is 4.58. The summed E-state index contributed by atoms with van der Waals surface area (Å²) in [5.74, 6) is -0.286. The number of carbonyl (C=O) groups excluding carboxylic acids is 1. The third kappa shape index (κ3) is 4.08. The average molecular weight is 228 g/mol. The third-order valence-corrected chi connectivity index (χ3v) is 3.07. The Balaban J connectivity index is 2.26. The van der Waals surface area contributed by atoms with E-state index >= 15 is 0 Å². The van der Waals surface area contributed by atoms with Crippen LogP contribution in [-0.2, 0) is 4.79 Å². The highest BCUT2D eigenvalue weighted by atomic mass is 16.4. The zero-order valence-electron chi connectivity index (χ0n) is 9.82. The van der Waals surface area contributed by atoms with Gasteiger partial charge in [-0.05, 0) is 38.5 Å². The Morgan fingerprint density at radius 3 is 2.31 bits per heavy atom. The van der Waals surface area contributed by atoms with Crippen LogP contribution in [0.2, 0.25) is 0 Å². The van der Waals surface area contributed by atoms with E-state index in [0.717, 1.165) is 31.6 Å². The van der Waals surface area contributed by atoms with Gasteiger partial charge in [0.25, 0.3) is 0 Å². The van der Waals surface area contributed by atoms with Crippen molar-refractivity contribution >= 4 is 12.0 Å². The van der Waals surface area contributed by atoms with Crippen LogP contribution >= 0.6 is 0 Å². The zero-order chi connectivity index (χ0) is 12.1. The van der Waals surface area contributed by atoms with Gasteiger partial charge in [0.2, 0.25) is 0 Å². The quantitative estimate of drug-likeness (QED) is 0.682. The lowest BCUT2D eigenvalue weighted by Crippen LogP contribution is -2.48. The number of hydrogen-bond acceptors (Lipinski definition) is 2. The summed E-state index contributed by atoms with van der Waals surface area (Å²) in [4.78, 5) is 21.9. The average Bonchev–Trinajstić information content (AvgIpc) is 2.21. The second-order valence-corrected chi connectivity index (χ2v) is 4.63. The first-order chi connectivity index (χ1) is 7.49. The molecule has 1 fully saturated rings. The van der Waals surface area contributed by atoms with Crippen molar-refractivity contribution in [3.05, 3.63) is 0 Å². The molecule has 0 aliphatic heterocycles. The van der Waals surface area contributed by atoms with Crippen LogP contribution in [0.5, 0.6) is 0 Å². The lowest BCUT2D eigenvalue weighted by molar-refractivity contribution is -0.138. The molecule has 5 heteroatoms. The van der Waals surface area contributed by atoms with E-state index < -0.39 is 12.0 Å². The molecule has 0 aromatic carbocycles. The molecule has 0 spiro atoms. The van der Waals surface area contributed by atoms with E-state index in [4.69, 9.17) is 5.11 Å². The summed E-state index contributed by atoms with van der Waals surface area (Å²) in [6.45, 7) is 3.66. The van der Waals surface area contributed by atoms with Crippen molar-refractivity contribution in [2.75, 3.05) is 0 Å². The number of nitrogens with one attached hydrogen (secondary N) is 2. The second kappa shape index (κ2) is 5.72. The molecule has 0 aromatic rings. The van der Waals surface area contributed by atoms with E-state index in [2.05, 4.69) is 17.6 Å². The minimum atomic E-state index is -1.02. The molecule has 3 N–H and O–H groups in total. The van der Waals surface area contributed by atoms with Gasteiger partial charge in [-0.3, -0.25) is 4.79 Å². The van der Waals surface area contributed by atoms with Gasteiger partial charge in [-0.1, -0.05) is 6.92 Å². The second-order valence-electron chi connectivity index (χ2n) is 4.63. The van der Waals surface area contributed by atoms with Crippen LogP contribution in [0.15, 0.2) is 0 Å². The number of carbonyl (C=O) groups is 2. The molecule has 92 valence electrons. The van der Waals surface area contributed by atoms with E-state index in [0.29, 0.717) is 0 Å². The highest BCUT2D eigenvalue weighted by Crippen LogP contribution is 2.23. The molecule has 0 heterocycles. The topological polar surface area (TPSA) is 78.4 Å². The lowest BCUT2D eigenvalue weighted by Gasteiger charge is -2.27. The molecule has 0 bridgehead atoms. The number of amides is 2. The SMILES string of the molecule is CC1CCC(NC(=O)N[C@@H](C)C(=O)O)CC1. The van der Waals surface area contributed by atoms with E-state index in [1.54, 1.807) is 0 Å². The molecule has 0 saturated heterocycles. The standard InChI is InChI=1S/C11H20N2O3/c1-7-3-5-9(6-4-7)13-11(16)12-8(2)10(14)15/h7-9H,3-6H2,1-2H3,(H,14,15)(H2,12,13,16)/t7?,8-,9?/m0/s1. The van der Waals surface area contributed by atoms with Gasteiger partial charge in [0.05, 0.1) is 0 Å². The first kappa shape index (κ1) is 12.8. The molecular weight excluding hydrogens is 208 g/mol. The molecule has 5 nitrogen and oxygen atoms in total. The van der Waals surface area contributed by atoms with E-state index in [9.17, 15) is 9.59 Å². The molecule has 2 amide bonds. The summed E-state index contributed by atoms with van der Waals surface area (Å²) in [6.07, 6.45) is 4.21. The summed E-state index contributed by atoms with van der Waals surface area (Å²) in [5.41, 5.74) is 0. The number of hydrogen-bond donors (Lipinski definition) is 3. The third-order valence-electron chi connectivity index (χ3n) is 3.07. The van der Waals surface area contributed by atoms with Crippen molar-refractivity contribution in [2.45, 2.75) is 51.6 Å². The summed E-state index contributed by atoms with van der Waals surface area (Å²) in [6, 6.07) is -1.03. The first-order valence-corrected chi connectivity index (χ1v) is 5.79. The van der Waals surface area contributed by atoms with Gasteiger partial charge in [0.15, 0.2) is 0 Å². The van der Waals surface area contributed by atoms with E-state index in [-0.39, 0.29) is 12.1 Å². The van der Waals surface area contributed by atoms with Crippen molar-refractivity contribution in [2.24, 2.45) is 5.92 Å². The van der Waals surface area contributed by atoms with Gasteiger partial charge < -0.3 is 15.7 Å². The zero-order valence-corrected chi connectivity index (χ0v) is 9.82. The highest BCUT2D eigenvalue weighted by molar-refractivity contribution is 5.82. The monoisotopic (exact) mass is 228 g/mol. The molecule has 1 atom stereocenters. The van der Waals surface area contributed by atoms with Crippen molar-refractivity contribution in [1.29, 1.82) is 0 Å². The van der Waals surface area contributed by atoms with Crippen LogP contribution in [0.25, 0.3) is 0 Å². The van der Waals surface area contributed by atoms with Gasteiger partial charge in [-0.2, -0.15) is 0 Å². The van der Waals surface area contributed by atoms with Gasteiger partial charge >= 0.3 is 12.0 Å². The summed E-state index contributed by atoms with van der Waals surface area (Å²) in [7, 11) is 0. The van der Waals surface area contributed by atoms with Crippen LogP contribution in [0.1, 0.15) is 39.5 Å². The molecule has 1 aliphatic rings. The van der Waals surface area contributed by atoms with Gasteiger partial charge in [0, 0.05) is 6.04 Å². The van der Waals surface area contributed by atoms with E-state index in [1.807, 2.05) is 0 Å². The summed E-state index contributed by atoms with van der Waals surface area (Å²) in [5, 5.41) is 13.8. The highest BCUT2D eigenvalue weighted by Gasteiger charge is 2.21. The maximum atomic E-state index is 11.4. The number of carboxylic acid groups (broad SMARTS) is 1. The van der Waals surface area contributed by atoms with Crippen LogP contribution in [0, 0.1) is 5.92 Å². The Bertz CT molecular complexity index is 260. The fourth-order valence-electron chi connectivity index (χ4n) is 1.89. The molecule has 0 unspecified atom stereocenters. The van der Waals surface area contributed by atoms with Crippen LogP contribution < -0.4 is 10.6 Å². The minimum Gasteiger partial charge on any atom is -0.480 e. The fourth-order valence-corrected chi connectivity index (χ4v) is 1.89. The van der Waals surface area contributed by atoms with Crippen molar-refractivity contribution in [3.8, 4) is 0 Å². The van der Waals surface area contributed by atoms with Crippen LogP contribution in [-0.4, -0.2) is 29.2 Å². The Labute approximate surface area is 95.6 Å². The van der Waals surface area contributed by atoms with E-state index in [1.165, 1.54) is 6.92 Å². The Morgan fingerprint density at radius 1 is 1.25 bits per heavy atom. The fraction of sp³-hybridized carbons (Fsp3) is 0.818. The molecular formula is C11H20N2O3. The molecule has 0 radical (unpaired) electrons. The normalized spacial score (nSPS) is 26.9. The maximum absolute atomic E-state index is 11.4. The summed E-state index contributed by atoms with van der Waals surface area (Å²) >= 11 is 0. The number of rotatable bonds is 3. The molecule has 1 rings (SSSR count). The number of aliphatic carboxylic acids is 1. The van der Waals surface area contributed by atoms with Crippen molar-refractivity contribution in [3.63, 3.8) is 0 Å². The van der Waals surface area contributed by atoms with Gasteiger partial charge in [-0.25, -0.2) is 4.79 Å². The Morgan fingerprint density at radius 2 is 1.81 bits per heavy atom. The van der Waals surface area contributed by atoms with Crippen molar-refractivity contribution < 1.29 is 14.7 Å². The Hall–Kier alpha value is -1.26. The maximum Gasteiger partial charge on any atom is 0.325 e. The van der Waals surface area contributed by atoms with Gasteiger partial charge in [-0.15, -0.1) is 0 Å². The van der Waals surface area contributed by atoms with Crippen LogP contribution in [0.4, 0.5) is 4.79 Å². The van der Waals surface area contributed by atoms with Gasteiger partial charge in [0.1, 0.15) is 6.04 Å². The summed E-state index contributed by atoms with van der Waals surface area (Å²) < 4.78 is 0. The number of urea groups is 1. The lowest BCUT2D eigenvalue weighted by atomic mass is 9.87. The largest absolute Gasteiger partial charge is 0.480 e. The molecule has 1 aliphatic carbocycles. The van der Waals surface area contributed by atoms with Crippen LogP contribution in [0.3, 0.4) is 0 Å². The molecule has 1 saturated carbocycles. The first-order valence-electron chi connectivity index (χ1n) is 5.79. The number of carboxylic acids is 1. The van der Waals surface area contributed by atoms with Crippen molar-refractivity contribution in [1.82, 2.24) is 10.6 Å². The predicted octanol–water partition coefficient (Wildman–Crippen LogP) is 1.34. The predicted molar refractivity (Wildman–Crippen MR) is 60.2 cm³/mol. The molecule has 0 aromatic heterocycles. The molecule has 16 heavy (non-hydrogen) atoms. The minimum absolute atomic E-state index is 0.192.